The highest BCUT2D eigenvalue weighted by molar-refractivity contribution is 5.99. The summed E-state index contributed by atoms with van der Waals surface area (Å²) in [5.41, 5.74) is 9.61. The molecular formula is C19H16F3N5. The lowest BCUT2D eigenvalue weighted by Gasteiger charge is -2.11. The van der Waals surface area contributed by atoms with Crippen LogP contribution < -0.4 is 11.2 Å². The smallest absolute Gasteiger partial charge is 0.399 e. The second kappa shape index (κ2) is 7.45. The van der Waals surface area contributed by atoms with E-state index in [4.69, 9.17) is 5.73 Å². The molecule has 0 fully saturated rings. The van der Waals surface area contributed by atoms with Crippen LogP contribution in [0.15, 0.2) is 65.8 Å². The van der Waals surface area contributed by atoms with Crippen molar-refractivity contribution < 1.29 is 13.2 Å². The predicted molar refractivity (Wildman–Crippen MR) is 99.2 cm³/mol. The predicted octanol–water partition coefficient (Wildman–Crippen LogP) is 4.58. The maximum absolute atomic E-state index is 13.2. The Labute approximate surface area is 153 Å². The number of hydrazone groups is 1. The second-order valence-corrected chi connectivity index (χ2v) is 5.76. The molecule has 0 atom stereocenters. The number of rotatable bonds is 4. The number of halogens is 3. The first kappa shape index (κ1) is 18.4. The summed E-state index contributed by atoms with van der Waals surface area (Å²) in [6.45, 7) is 1.71. The van der Waals surface area contributed by atoms with Gasteiger partial charge in [-0.05, 0) is 24.6 Å². The third-order valence-electron chi connectivity index (χ3n) is 3.69. The number of benzene rings is 2. The standard InChI is InChI=1S/C19H16F3N5/c1-12(14-8-5-9-15(23)10-14)26-27-17-11-16(19(20,21)22)24-18(25-17)13-6-3-2-4-7-13/h2-11H,23H2,1H3,(H,24,25,27)/b26-12+. The Bertz CT molecular complexity index is 969. The normalized spacial score (nSPS) is 12.1. The lowest BCUT2D eigenvalue weighted by molar-refractivity contribution is -0.141. The number of nitrogens with one attached hydrogen (secondary N) is 1. The van der Waals surface area contributed by atoms with Gasteiger partial charge in [0.1, 0.15) is 0 Å². The number of hydrogen-bond donors (Lipinski definition) is 2. The number of nitrogens with two attached hydrogens (primary N) is 1. The lowest BCUT2D eigenvalue weighted by Crippen LogP contribution is -2.11. The molecule has 8 heteroatoms. The Morgan fingerprint density at radius 3 is 2.41 bits per heavy atom. The molecule has 0 aliphatic rings. The summed E-state index contributed by atoms with van der Waals surface area (Å²) >= 11 is 0. The molecule has 0 saturated heterocycles. The summed E-state index contributed by atoms with van der Waals surface area (Å²) in [5, 5.41) is 4.12. The Hall–Kier alpha value is -3.42. The van der Waals surface area contributed by atoms with Gasteiger partial charge in [-0.2, -0.15) is 18.3 Å². The highest BCUT2D eigenvalue weighted by Gasteiger charge is 2.33. The topological polar surface area (TPSA) is 76.2 Å². The largest absolute Gasteiger partial charge is 0.433 e. The van der Waals surface area contributed by atoms with Crippen LogP contribution in [0.5, 0.6) is 0 Å². The van der Waals surface area contributed by atoms with E-state index in [9.17, 15) is 13.2 Å². The number of nitrogens with zero attached hydrogens (tertiary/aromatic N) is 3. The Kier molecular flexibility index (Phi) is 5.07. The highest BCUT2D eigenvalue weighted by Crippen LogP contribution is 2.30. The minimum atomic E-state index is -4.60. The first-order valence-electron chi connectivity index (χ1n) is 8.01. The average molecular weight is 371 g/mol. The zero-order valence-corrected chi connectivity index (χ0v) is 14.3. The van der Waals surface area contributed by atoms with Gasteiger partial charge in [-0.1, -0.05) is 42.5 Å². The molecule has 0 radical (unpaired) electrons. The van der Waals surface area contributed by atoms with Crippen molar-refractivity contribution in [2.24, 2.45) is 5.10 Å². The molecule has 0 saturated carbocycles. The Morgan fingerprint density at radius 1 is 1.00 bits per heavy atom. The molecule has 0 amide bonds. The van der Waals surface area contributed by atoms with Gasteiger partial charge in [0.2, 0.25) is 0 Å². The first-order valence-corrected chi connectivity index (χ1v) is 8.01. The third-order valence-corrected chi connectivity index (χ3v) is 3.69. The molecule has 3 aromatic rings. The quantitative estimate of drug-likeness (QED) is 0.400. The number of hydrogen-bond acceptors (Lipinski definition) is 5. The summed E-state index contributed by atoms with van der Waals surface area (Å²) in [6.07, 6.45) is -4.60. The molecule has 1 heterocycles. The molecule has 3 N–H and O–H groups in total. The summed E-state index contributed by atoms with van der Waals surface area (Å²) in [4.78, 5) is 7.78. The van der Waals surface area contributed by atoms with Crippen LogP contribution in [-0.2, 0) is 6.18 Å². The Balaban J connectivity index is 1.96. The SMILES string of the molecule is C/C(=N\Nc1cc(C(F)(F)F)nc(-c2ccccc2)n1)c1cccc(N)c1. The van der Waals surface area contributed by atoms with E-state index in [0.29, 0.717) is 17.0 Å². The maximum atomic E-state index is 13.2. The molecular weight excluding hydrogens is 355 g/mol. The van der Waals surface area contributed by atoms with Gasteiger partial charge in [-0.3, -0.25) is 5.43 Å². The van der Waals surface area contributed by atoms with Crippen LogP contribution in [0.1, 0.15) is 18.2 Å². The van der Waals surface area contributed by atoms with Crippen LogP contribution in [0.4, 0.5) is 24.7 Å². The van der Waals surface area contributed by atoms with Gasteiger partial charge >= 0.3 is 6.18 Å². The van der Waals surface area contributed by atoms with E-state index in [1.165, 1.54) is 0 Å². The fraction of sp³-hybridized carbons (Fsp3) is 0.105. The molecule has 1 aromatic heterocycles. The van der Waals surface area contributed by atoms with Gasteiger partial charge in [-0.25, -0.2) is 9.97 Å². The number of alkyl halides is 3. The summed E-state index contributed by atoms with van der Waals surface area (Å²) in [5.74, 6) is -0.0934. The molecule has 0 unspecified atom stereocenters. The fourth-order valence-corrected chi connectivity index (χ4v) is 2.34. The average Bonchev–Trinajstić information content (AvgIpc) is 2.66. The molecule has 2 aromatic carbocycles. The number of aromatic nitrogens is 2. The van der Waals surface area contributed by atoms with E-state index < -0.39 is 11.9 Å². The van der Waals surface area contributed by atoms with Crippen LogP contribution in [0.25, 0.3) is 11.4 Å². The van der Waals surface area contributed by atoms with Crippen LogP contribution in [0.2, 0.25) is 0 Å². The minimum absolute atomic E-state index is 0.0373. The van der Waals surface area contributed by atoms with E-state index >= 15 is 0 Å². The first-order chi connectivity index (χ1) is 12.8. The summed E-state index contributed by atoms with van der Waals surface area (Å²) < 4.78 is 39.6. The van der Waals surface area contributed by atoms with E-state index in [2.05, 4.69) is 20.5 Å². The van der Waals surface area contributed by atoms with Gasteiger partial charge in [0.05, 0.1) is 5.71 Å². The van der Waals surface area contributed by atoms with Crippen molar-refractivity contribution in [2.75, 3.05) is 11.2 Å². The second-order valence-electron chi connectivity index (χ2n) is 5.76. The highest BCUT2D eigenvalue weighted by atomic mass is 19.4. The van der Waals surface area contributed by atoms with Gasteiger partial charge in [0, 0.05) is 17.3 Å². The lowest BCUT2D eigenvalue weighted by atomic mass is 10.1. The summed E-state index contributed by atoms with van der Waals surface area (Å²) in [7, 11) is 0. The molecule has 5 nitrogen and oxygen atoms in total. The van der Waals surface area contributed by atoms with Crippen molar-refractivity contribution in [1.29, 1.82) is 0 Å². The van der Waals surface area contributed by atoms with Crippen LogP contribution in [-0.4, -0.2) is 15.7 Å². The van der Waals surface area contributed by atoms with Crippen molar-refractivity contribution in [3.63, 3.8) is 0 Å². The van der Waals surface area contributed by atoms with Crippen molar-refractivity contribution in [3.05, 3.63) is 71.9 Å². The fourth-order valence-electron chi connectivity index (χ4n) is 2.34. The third kappa shape index (κ3) is 4.60. The van der Waals surface area contributed by atoms with Gasteiger partial charge in [-0.15, -0.1) is 0 Å². The van der Waals surface area contributed by atoms with E-state index in [-0.39, 0.29) is 11.6 Å². The molecule has 0 aliphatic carbocycles. The molecule has 3 rings (SSSR count). The molecule has 138 valence electrons. The zero-order valence-electron chi connectivity index (χ0n) is 14.3. The van der Waals surface area contributed by atoms with Crippen molar-refractivity contribution in [2.45, 2.75) is 13.1 Å². The van der Waals surface area contributed by atoms with Crippen LogP contribution >= 0.6 is 0 Å². The Morgan fingerprint density at radius 2 is 1.74 bits per heavy atom. The molecule has 0 spiro atoms. The molecule has 27 heavy (non-hydrogen) atoms. The van der Waals surface area contributed by atoms with Crippen LogP contribution in [0.3, 0.4) is 0 Å². The van der Waals surface area contributed by atoms with Gasteiger partial charge in [0.25, 0.3) is 0 Å². The molecule has 0 bridgehead atoms. The minimum Gasteiger partial charge on any atom is -0.399 e. The van der Waals surface area contributed by atoms with Crippen LogP contribution in [0, 0.1) is 0 Å². The van der Waals surface area contributed by atoms with Crippen molar-refractivity contribution in [3.8, 4) is 11.4 Å². The number of nitrogen functional groups attached to an aromatic ring is 1. The van der Waals surface area contributed by atoms with Crippen molar-refractivity contribution >= 4 is 17.2 Å². The van der Waals surface area contributed by atoms with Gasteiger partial charge < -0.3 is 5.73 Å². The van der Waals surface area contributed by atoms with E-state index in [0.717, 1.165) is 11.6 Å². The zero-order chi connectivity index (χ0) is 19.4. The summed E-state index contributed by atoms with van der Waals surface area (Å²) in [6, 6.07) is 16.3. The number of anilines is 2. The van der Waals surface area contributed by atoms with E-state index in [1.54, 1.807) is 61.5 Å². The van der Waals surface area contributed by atoms with Gasteiger partial charge in [0.15, 0.2) is 17.3 Å². The van der Waals surface area contributed by atoms with E-state index in [1.807, 2.05) is 0 Å². The monoisotopic (exact) mass is 371 g/mol. The maximum Gasteiger partial charge on any atom is 0.433 e. The molecule has 0 aliphatic heterocycles. The van der Waals surface area contributed by atoms with Crippen molar-refractivity contribution in [1.82, 2.24) is 9.97 Å².